The lowest BCUT2D eigenvalue weighted by Gasteiger charge is -2.38. The summed E-state index contributed by atoms with van der Waals surface area (Å²) in [6.45, 7) is 8.32. The maximum atomic E-state index is 10.7. The van der Waals surface area contributed by atoms with Crippen molar-refractivity contribution in [3.05, 3.63) is 42.0 Å². The van der Waals surface area contributed by atoms with Crippen LogP contribution in [0.4, 0.5) is 0 Å². The molecule has 0 bridgehead atoms. The molecule has 2 N–H and O–H groups in total. The molecule has 2 aliphatic rings. The number of ether oxygens (including phenoxy) is 1. The lowest BCUT2D eigenvalue weighted by atomic mass is 10.0. The molecule has 0 radical (unpaired) electrons. The number of rotatable bonds is 5. The molecule has 24 heavy (non-hydrogen) atoms. The van der Waals surface area contributed by atoms with Crippen LogP contribution in [0, 0.1) is 0 Å². The Bertz CT molecular complexity index is 505. The number of benzene rings is 1. The van der Waals surface area contributed by atoms with Crippen LogP contribution in [-0.4, -0.2) is 86.1 Å². The zero-order valence-corrected chi connectivity index (χ0v) is 14.4. The summed E-state index contributed by atoms with van der Waals surface area (Å²) in [5.74, 6) is 0. The van der Waals surface area contributed by atoms with E-state index in [2.05, 4.69) is 51.5 Å². The second kappa shape index (κ2) is 8.74. The van der Waals surface area contributed by atoms with Crippen LogP contribution in [-0.2, 0) is 4.74 Å². The molecule has 0 aliphatic carbocycles. The third kappa shape index (κ3) is 5.40. The van der Waals surface area contributed by atoms with Crippen molar-refractivity contribution in [3.63, 3.8) is 0 Å². The highest BCUT2D eigenvalue weighted by atomic mass is 16.5. The van der Waals surface area contributed by atoms with Gasteiger partial charge in [0.05, 0.1) is 13.2 Å². The molecule has 0 saturated carbocycles. The molecule has 0 amide bonds. The molecule has 2 saturated heterocycles. The first kappa shape index (κ1) is 17.6. The molecule has 1 aromatic carbocycles. The summed E-state index contributed by atoms with van der Waals surface area (Å²) in [4.78, 5) is 4.82. The Morgan fingerprint density at radius 1 is 1.12 bits per heavy atom. The van der Waals surface area contributed by atoms with Crippen LogP contribution >= 0.6 is 0 Å². The fraction of sp³-hybridized carbons (Fsp3) is 0.579. The van der Waals surface area contributed by atoms with Crippen molar-refractivity contribution < 1.29 is 9.84 Å². The van der Waals surface area contributed by atoms with E-state index in [4.69, 9.17) is 4.74 Å². The van der Waals surface area contributed by atoms with Gasteiger partial charge in [-0.3, -0.25) is 9.80 Å². The van der Waals surface area contributed by atoms with Crippen LogP contribution in [0.15, 0.2) is 36.4 Å². The van der Waals surface area contributed by atoms with Crippen molar-refractivity contribution in [2.45, 2.75) is 5.60 Å². The maximum absolute atomic E-state index is 10.7. The molecule has 2 fully saturated rings. The molecule has 1 aromatic rings. The van der Waals surface area contributed by atoms with Crippen LogP contribution in [0.1, 0.15) is 5.56 Å². The predicted octanol–water partition coefficient (Wildman–Crippen LogP) is 0.668. The number of piperazine rings is 1. The molecular weight excluding hydrogens is 302 g/mol. The summed E-state index contributed by atoms with van der Waals surface area (Å²) in [7, 11) is 0. The van der Waals surface area contributed by atoms with Gasteiger partial charge in [0, 0.05) is 52.4 Å². The molecule has 1 atom stereocenters. The summed E-state index contributed by atoms with van der Waals surface area (Å²) in [6.07, 6.45) is 4.42. The summed E-state index contributed by atoms with van der Waals surface area (Å²) in [5, 5.41) is 13.9. The molecule has 132 valence electrons. The van der Waals surface area contributed by atoms with Crippen LogP contribution in [0.5, 0.6) is 0 Å². The van der Waals surface area contributed by atoms with Gasteiger partial charge in [0.2, 0.25) is 0 Å². The number of hydrogen-bond donors (Lipinski definition) is 2. The van der Waals surface area contributed by atoms with Gasteiger partial charge in [0.25, 0.3) is 0 Å². The van der Waals surface area contributed by atoms with Gasteiger partial charge >= 0.3 is 0 Å². The van der Waals surface area contributed by atoms with Gasteiger partial charge in [-0.1, -0.05) is 42.5 Å². The van der Waals surface area contributed by atoms with Crippen molar-refractivity contribution in [3.8, 4) is 0 Å². The van der Waals surface area contributed by atoms with Gasteiger partial charge in [-0.15, -0.1) is 0 Å². The molecule has 2 aliphatic heterocycles. The van der Waals surface area contributed by atoms with Gasteiger partial charge in [-0.05, 0) is 5.56 Å². The SMILES string of the molecule is OC1(CN2CCN(CC=Cc3ccccc3)CC2)CNCCOC1. The van der Waals surface area contributed by atoms with Crippen LogP contribution in [0.2, 0.25) is 0 Å². The Balaban J connectivity index is 1.40. The Morgan fingerprint density at radius 3 is 2.67 bits per heavy atom. The predicted molar refractivity (Wildman–Crippen MR) is 97.0 cm³/mol. The summed E-state index contributed by atoms with van der Waals surface area (Å²) >= 11 is 0. The lowest BCUT2D eigenvalue weighted by molar-refractivity contribution is -0.0547. The molecule has 5 heteroatoms. The number of nitrogens with one attached hydrogen (secondary N) is 1. The molecule has 1 unspecified atom stereocenters. The molecule has 0 aromatic heterocycles. The molecule has 3 rings (SSSR count). The van der Waals surface area contributed by atoms with Crippen molar-refractivity contribution in [2.75, 3.05) is 65.6 Å². The van der Waals surface area contributed by atoms with Crippen LogP contribution < -0.4 is 5.32 Å². The number of β-amino-alcohol motifs (C(OH)–C–C–N with tert-alkyl or cyclic N) is 1. The van der Waals surface area contributed by atoms with E-state index in [1.165, 1.54) is 5.56 Å². The fourth-order valence-electron chi connectivity index (χ4n) is 3.33. The first-order valence-corrected chi connectivity index (χ1v) is 8.91. The Labute approximate surface area is 144 Å². The van der Waals surface area contributed by atoms with E-state index in [9.17, 15) is 5.11 Å². The van der Waals surface area contributed by atoms with Crippen molar-refractivity contribution >= 4 is 6.08 Å². The summed E-state index contributed by atoms with van der Waals surface area (Å²) in [5.41, 5.74) is 0.491. The molecule has 5 nitrogen and oxygen atoms in total. The minimum Gasteiger partial charge on any atom is -0.385 e. The summed E-state index contributed by atoms with van der Waals surface area (Å²) < 4.78 is 5.51. The van der Waals surface area contributed by atoms with Crippen molar-refractivity contribution in [1.82, 2.24) is 15.1 Å². The number of nitrogens with zero attached hydrogens (tertiary/aromatic N) is 2. The lowest BCUT2D eigenvalue weighted by Crippen LogP contribution is -2.56. The van der Waals surface area contributed by atoms with E-state index in [0.29, 0.717) is 26.3 Å². The first-order valence-electron chi connectivity index (χ1n) is 8.91. The number of aliphatic hydroxyl groups is 1. The fourth-order valence-corrected chi connectivity index (χ4v) is 3.33. The van der Waals surface area contributed by atoms with Crippen LogP contribution in [0.25, 0.3) is 6.08 Å². The molecule has 2 heterocycles. The second-order valence-electron chi connectivity index (χ2n) is 6.84. The molecule has 0 spiro atoms. The van der Waals surface area contributed by atoms with Crippen LogP contribution in [0.3, 0.4) is 0 Å². The maximum Gasteiger partial charge on any atom is 0.113 e. The van der Waals surface area contributed by atoms with Gasteiger partial charge in [0.15, 0.2) is 0 Å². The van der Waals surface area contributed by atoms with Gasteiger partial charge in [0.1, 0.15) is 5.60 Å². The largest absolute Gasteiger partial charge is 0.385 e. The van der Waals surface area contributed by atoms with E-state index >= 15 is 0 Å². The Morgan fingerprint density at radius 2 is 1.88 bits per heavy atom. The third-order valence-electron chi connectivity index (χ3n) is 4.70. The minimum absolute atomic E-state index is 0.431. The van der Waals surface area contributed by atoms with E-state index in [-0.39, 0.29) is 0 Å². The van der Waals surface area contributed by atoms with Crippen molar-refractivity contribution in [2.24, 2.45) is 0 Å². The minimum atomic E-state index is -0.758. The number of hydrogen-bond acceptors (Lipinski definition) is 5. The van der Waals surface area contributed by atoms with Gasteiger partial charge in [-0.2, -0.15) is 0 Å². The zero-order valence-electron chi connectivity index (χ0n) is 14.4. The third-order valence-corrected chi connectivity index (χ3v) is 4.70. The smallest absolute Gasteiger partial charge is 0.113 e. The molecular formula is C19H29N3O2. The average molecular weight is 331 g/mol. The quantitative estimate of drug-likeness (QED) is 0.830. The highest BCUT2D eigenvalue weighted by Crippen LogP contribution is 2.12. The normalized spacial score (nSPS) is 27.4. The second-order valence-corrected chi connectivity index (χ2v) is 6.84. The Kier molecular flexibility index (Phi) is 6.40. The van der Waals surface area contributed by atoms with E-state index in [1.54, 1.807) is 0 Å². The average Bonchev–Trinajstić information content (AvgIpc) is 2.82. The highest BCUT2D eigenvalue weighted by molar-refractivity contribution is 5.48. The summed E-state index contributed by atoms with van der Waals surface area (Å²) in [6, 6.07) is 10.4. The van der Waals surface area contributed by atoms with Crippen molar-refractivity contribution in [1.29, 1.82) is 0 Å². The first-order chi connectivity index (χ1) is 11.7. The van der Waals surface area contributed by atoms with E-state index in [0.717, 1.165) is 39.3 Å². The van der Waals surface area contributed by atoms with Gasteiger partial charge < -0.3 is 15.2 Å². The topological polar surface area (TPSA) is 48.0 Å². The van der Waals surface area contributed by atoms with Gasteiger partial charge in [-0.25, -0.2) is 0 Å². The standard InChI is InChI=1S/C19H29N3O2/c23-19(15-20-8-14-24-17-19)16-22-12-10-21(11-13-22)9-4-7-18-5-2-1-3-6-18/h1-7,20,23H,8-17H2. The van der Waals surface area contributed by atoms with E-state index < -0.39 is 5.60 Å². The highest BCUT2D eigenvalue weighted by Gasteiger charge is 2.32. The Hall–Kier alpha value is -1.24. The monoisotopic (exact) mass is 331 g/mol. The van der Waals surface area contributed by atoms with E-state index in [1.807, 2.05) is 6.07 Å². The zero-order chi connectivity index (χ0) is 16.7.